The number of carbonyl (C=O) groups is 1. The minimum Gasteiger partial charge on any atom is -0.469 e. The van der Waals surface area contributed by atoms with Crippen LogP contribution in [-0.4, -0.2) is 13.1 Å². The molecule has 0 N–H and O–H groups in total. The Bertz CT molecular complexity index is 437. The molecule has 2 heteroatoms. The van der Waals surface area contributed by atoms with Crippen LogP contribution in [0, 0.1) is 0 Å². The van der Waals surface area contributed by atoms with E-state index in [1.54, 1.807) is 0 Å². The monoisotopic (exact) mass is 260 g/mol. The molecule has 0 heterocycles. The van der Waals surface area contributed by atoms with E-state index in [9.17, 15) is 4.79 Å². The van der Waals surface area contributed by atoms with Crippen LogP contribution in [0.2, 0.25) is 0 Å². The van der Waals surface area contributed by atoms with E-state index in [2.05, 4.69) is 25.1 Å². The SMILES string of the molecule is CCCC(CC(=O)OC)c1ccc2c(c1)CCCC2. The van der Waals surface area contributed by atoms with Crippen LogP contribution in [0.5, 0.6) is 0 Å². The third-order valence-electron chi connectivity index (χ3n) is 4.12. The molecule has 0 aliphatic heterocycles. The van der Waals surface area contributed by atoms with E-state index in [1.807, 2.05) is 0 Å². The summed E-state index contributed by atoms with van der Waals surface area (Å²) >= 11 is 0. The third-order valence-corrected chi connectivity index (χ3v) is 4.12. The number of hydrogen-bond donors (Lipinski definition) is 0. The van der Waals surface area contributed by atoms with Crippen molar-refractivity contribution < 1.29 is 9.53 Å². The molecule has 0 saturated heterocycles. The van der Waals surface area contributed by atoms with Crippen molar-refractivity contribution in [2.45, 2.75) is 57.8 Å². The highest BCUT2D eigenvalue weighted by atomic mass is 16.5. The van der Waals surface area contributed by atoms with Crippen molar-refractivity contribution in [3.05, 3.63) is 34.9 Å². The van der Waals surface area contributed by atoms with Crippen molar-refractivity contribution >= 4 is 5.97 Å². The zero-order chi connectivity index (χ0) is 13.7. The molecule has 1 aromatic rings. The van der Waals surface area contributed by atoms with Gasteiger partial charge in [0.1, 0.15) is 0 Å². The average Bonchev–Trinajstić information content (AvgIpc) is 2.46. The van der Waals surface area contributed by atoms with Gasteiger partial charge in [-0.15, -0.1) is 0 Å². The van der Waals surface area contributed by atoms with Gasteiger partial charge in [0.2, 0.25) is 0 Å². The Balaban J connectivity index is 2.18. The molecule has 0 radical (unpaired) electrons. The second kappa shape index (κ2) is 6.74. The molecule has 1 aromatic carbocycles. The first-order valence-corrected chi connectivity index (χ1v) is 7.43. The first kappa shape index (κ1) is 14.1. The van der Waals surface area contributed by atoms with Gasteiger partial charge < -0.3 is 4.74 Å². The molecule has 0 spiro atoms. The predicted molar refractivity (Wildman–Crippen MR) is 77.4 cm³/mol. The van der Waals surface area contributed by atoms with Gasteiger partial charge in [-0.05, 0) is 54.7 Å². The summed E-state index contributed by atoms with van der Waals surface area (Å²) in [6.07, 6.45) is 7.67. The zero-order valence-electron chi connectivity index (χ0n) is 12.1. The van der Waals surface area contributed by atoms with Gasteiger partial charge in [0.15, 0.2) is 0 Å². The second-order valence-electron chi connectivity index (χ2n) is 5.50. The van der Waals surface area contributed by atoms with Crippen LogP contribution >= 0.6 is 0 Å². The summed E-state index contributed by atoms with van der Waals surface area (Å²) in [7, 11) is 1.47. The van der Waals surface area contributed by atoms with E-state index in [1.165, 1.54) is 49.5 Å². The molecule has 2 rings (SSSR count). The van der Waals surface area contributed by atoms with E-state index in [0.717, 1.165) is 12.8 Å². The summed E-state index contributed by atoms with van der Waals surface area (Å²) in [5, 5.41) is 0. The maximum Gasteiger partial charge on any atom is 0.306 e. The molecule has 104 valence electrons. The third kappa shape index (κ3) is 3.59. The van der Waals surface area contributed by atoms with Crippen molar-refractivity contribution in [3.63, 3.8) is 0 Å². The Morgan fingerprint density at radius 2 is 2.00 bits per heavy atom. The van der Waals surface area contributed by atoms with Crippen LogP contribution in [0.25, 0.3) is 0 Å². The number of methoxy groups -OCH3 is 1. The van der Waals surface area contributed by atoms with E-state index < -0.39 is 0 Å². The molecule has 2 nitrogen and oxygen atoms in total. The largest absolute Gasteiger partial charge is 0.469 e. The maximum atomic E-state index is 11.5. The van der Waals surface area contributed by atoms with Crippen LogP contribution in [0.1, 0.15) is 61.6 Å². The summed E-state index contributed by atoms with van der Waals surface area (Å²) in [4.78, 5) is 11.5. The molecule has 0 bridgehead atoms. The van der Waals surface area contributed by atoms with Crippen LogP contribution < -0.4 is 0 Å². The van der Waals surface area contributed by atoms with Gasteiger partial charge in [-0.2, -0.15) is 0 Å². The summed E-state index contributed by atoms with van der Waals surface area (Å²) in [6, 6.07) is 6.81. The normalized spacial score (nSPS) is 15.7. The molecule has 1 aliphatic rings. The van der Waals surface area contributed by atoms with Crippen molar-refractivity contribution in [2.75, 3.05) is 7.11 Å². The van der Waals surface area contributed by atoms with Gasteiger partial charge in [-0.25, -0.2) is 0 Å². The van der Waals surface area contributed by atoms with Crippen LogP contribution in [0.15, 0.2) is 18.2 Å². The Labute approximate surface area is 116 Å². The first-order valence-electron chi connectivity index (χ1n) is 7.43. The topological polar surface area (TPSA) is 26.3 Å². The minimum atomic E-state index is -0.101. The quantitative estimate of drug-likeness (QED) is 0.748. The highest BCUT2D eigenvalue weighted by Crippen LogP contribution is 2.30. The first-order chi connectivity index (χ1) is 9.24. The van der Waals surface area contributed by atoms with Gasteiger partial charge in [0.25, 0.3) is 0 Å². The van der Waals surface area contributed by atoms with Gasteiger partial charge in [0, 0.05) is 0 Å². The average molecular weight is 260 g/mol. The molecule has 19 heavy (non-hydrogen) atoms. The zero-order valence-corrected chi connectivity index (χ0v) is 12.1. The minimum absolute atomic E-state index is 0.101. The molecule has 1 unspecified atom stereocenters. The van der Waals surface area contributed by atoms with Gasteiger partial charge in [0.05, 0.1) is 13.5 Å². The number of carbonyl (C=O) groups excluding carboxylic acids is 1. The van der Waals surface area contributed by atoms with Gasteiger partial charge in [-0.1, -0.05) is 31.5 Å². The molecule has 0 amide bonds. The number of rotatable bonds is 5. The van der Waals surface area contributed by atoms with Gasteiger partial charge in [-0.3, -0.25) is 4.79 Å². The highest BCUT2D eigenvalue weighted by Gasteiger charge is 2.18. The lowest BCUT2D eigenvalue weighted by molar-refractivity contribution is -0.141. The molecular formula is C17H24O2. The second-order valence-corrected chi connectivity index (χ2v) is 5.50. The smallest absolute Gasteiger partial charge is 0.306 e. The number of esters is 1. The Morgan fingerprint density at radius 3 is 2.68 bits per heavy atom. The summed E-state index contributed by atoms with van der Waals surface area (Å²) < 4.78 is 4.82. The lowest BCUT2D eigenvalue weighted by Crippen LogP contribution is -2.10. The number of fused-ring (bicyclic) bond motifs is 1. The van der Waals surface area contributed by atoms with E-state index in [0.29, 0.717) is 12.3 Å². The fraction of sp³-hybridized carbons (Fsp3) is 0.588. The standard InChI is InChI=1S/C17H24O2/c1-3-6-14(12-17(18)19-2)16-10-9-13-7-4-5-8-15(13)11-16/h9-11,14H,3-8,12H2,1-2H3. The Kier molecular flexibility index (Phi) is 5.00. The fourth-order valence-electron chi connectivity index (χ4n) is 3.03. The van der Waals surface area contributed by atoms with Crippen molar-refractivity contribution in [1.82, 2.24) is 0 Å². The lowest BCUT2D eigenvalue weighted by Gasteiger charge is -2.20. The van der Waals surface area contributed by atoms with Crippen molar-refractivity contribution in [2.24, 2.45) is 0 Å². The Hall–Kier alpha value is -1.31. The molecule has 1 aliphatic carbocycles. The summed E-state index contributed by atoms with van der Waals surface area (Å²) in [6.45, 7) is 2.17. The molecule has 0 saturated carbocycles. The van der Waals surface area contributed by atoms with E-state index in [4.69, 9.17) is 4.74 Å². The molecular weight excluding hydrogens is 236 g/mol. The Morgan fingerprint density at radius 1 is 1.26 bits per heavy atom. The summed E-state index contributed by atoms with van der Waals surface area (Å²) in [5.74, 6) is 0.209. The van der Waals surface area contributed by atoms with Gasteiger partial charge >= 0.3 is 5.97 Å². The maximum absolute atomic E-state index is 11.5. The predicted octanol–water partition coefficient (Wildman–Crippen LogP) is 4.01. The molecule has 0 fully saturated rings. The fourth-order valence-corrected chi connectivity index (χ4v) is 3.03. The molecule has 1 atom stereocenters. The number of benzene rings is 1. The summed E-state index contributed by atoms with van der Waals surface area (Å²) in [5.41, 5.74) is 4.31. The highest BCUT2D eigenvalue weighted by molar-refractivity contribution is 5.70. The molecule has 0 aromatic heterocycles. The van der Waals surface area contributed by atoms with E-state index in [-0.39, 0.29) is 5.97 Å². The van der Waals surface area contributed by atoms with E-state index >= 15 is 0 Å². The lowest BCUT2D eigenvalue weighted by atomic mass is 9.85. The number of aryl methyl sites for hydroxylation is 2. The van der Waals surface area contributed by atoms with Crippen LogP contribution in [0.3, 0.4) is 0 Å². The van der Waals surface area contributed by atoms with Crippen molar-refractivity contribution in [1.29, 1.82) is 0 Å². The number of hydrogen-bond acceptors (Lipinski definition) is 2. The number of ether oxygens (including phenoxy) is 1. The van der Waals surface area contributed by atoms with Crippen LogP contribution in [-0.2, 0) is 22.4 Å². The van der Waals surface area contributed by atoms with Crippen molar-refractivity contribution in [3.8, 4) is 0 Å². The van der Waals surface area contributed by atoms with Crippen LogP contribution in [0.4, 0.5) is 0 Å².